The lowest BCUT2D eigenvalue weighted by atomic mass is 9.96. The van der Waals surface area contributed by atoms with Crippen LogP contribution in [-0.2, 0) is 4.74 Å². The Bertz CT molecular complexity index is 367. The lowest BCUT2D eigenvalue weighted by Gasteiger charge is -2.13. The molecule has 1 aliphatic carbocycles. The predicted molar refractivity (Wildman–Crippen MR) is 68.1 cm³/mol. The zero-order valence-corrected chi connectivity index (χ0v) is 11.3. The van der Waals surface area contributed by atoms with E-state index in [1.165, 1.54) is 12.8 Å². The zero-order valence-electron chi connectivity index (χ0n) is 11.3. The van der Waals surface area contributed by atoms with Crippen molar-refractivity contribution in [1.82, 2.24) is 10.1 Å². The molecule has 1 aromatic rings. The van der Waals surface area contributed by atoms with E-state index in [0.29, 0.717) is 30.8 Å². The highest BCUT2D eigenvalue weighted by molar-refractivity contribution is 5.01. The molecule has 0 bridgehead atoms. The third kappa shape index (κ3) is 2.72. The summed E-state index contributed by atoms with van der Waals surface area (Å²) in [6.45, 7) is 5.40. The van der Waals surface area contributed by atoms with Gasteiger partial charge < -0.3 is 15.0 Å². The summed E-state index contributed by atoms with van der Waals surface area (Å²) >= 11 is 0. The molecule has 1 fully saturated rings. The second-order valence-corrected chi connectivity index (χ2v) is 4.88. The Morgan fingerprint density at radius 1 is 1.44 bits per heavy atom. The minimum absolute atomic E-state index is 0.0507. The van der Waals surface area contributed by atoms with Crippen molar-refractivity contribution in [2.45, 2.75) is 51.6 Å². The molecule has 18 heavy (non-hydrogen) atoms. The third-order valence-electron chi connectivity index (χ3n) is 3.76. The highest BCUT2D eigenvalue weighted by Gasteiger charge is 2.32. The Hall–Kier alpha value is -0.940. The van der Waals surface area contributed by atoms with Gasteiger partial charge in [-0.25, -0.2) is 0 Å². The first-order valence-electron chi connectivity index (χ1n) is 6.95. The molecule has 2 N–H and O–H groups in total. The minimum atomic E-state index is -0.0507. The van der Waals surface area contributed by atoms with Gasteiger partial charge in [-0.1, -0.05) is 18.5 Å². The van der Waals surface area contributed by atoms with Crippen molar-refractivity contribution >= 4 is 0 Å². The van der Waals surface area contributed by atoms with Crippen LogP contribution in [0.25, 0.3) is 0 Å². The molecule has 0 amide bonds. The molecule has 0 saturated heterocycles. The Labute approximate surface area is 108 Å². The van der Waals surface area contributed by atoms with Gasteiger partial charge in [0.2, 0.25) is 11.7 Å². The van der Waals surface area contributed by atoms with E-state index in [4.69, 9.17) is 15.0 Å². The first kappa shape index (κ1) is 13.5. The third-order valence-corrected chi connectivity index (χ3v) is 3.76. The maximum atomic E-state index is 5.79. The van der Waals surface area contributed by atoms with Crippen LogP contribution in [0, 0.1) is 5.92 Å². The first-order chi connectivity index (χ1) is 8.80. The standard InChI is InChI=1S/C13H23N3O2/c1-3-11(17-4-2)12-15-13(18-16-12)10-7-5-6-9(10)8-14/h9-11H,3-8,14H2,1-2H3. The Morgan fingerprint density at radius 2 is 2.28 bits per heavy atom. The Kier molecular flexibility index (Phi) is 4.72. The van der Waals surface area contributed by atoms with Crippen molar-refractivity contribution in [2.75, 3.05) is 13.2 Å². The molecule has 5 heteroatoms. The fourth-order valence-corrected chi connectivity index (χ4v) is 2.75. The summed E-state index contributed by atoms with van der Waals surface area (Å²) < 4.78 is 11.0. The normalized spacial score (nSPS) is 25.5. The molecule has 3 atom stereocenters. The zero-order chi connectivity index (χ0) is 13.0. The van der Waals surface area contributed by atoms with Crippen molar-refractivity contribution in [3.8, 4) is 0 Å². The average molecular weight is 253 g/mol. The van der Waals surface area contributed by atoms with Crippen LogP contribution >= 0.6 is 0 Å². The van der Waals surface area contributed by atoms with E-state index in [2.05, 4.69) is 17.1 Å². The van der Waals surface area contributed by atoms with Gasteiger partial charge in [0.25, 0.3) is 0 Å². The molecule has 102 valence electrons. The summed E-state index contributed by atoms with van der Waals surface area (Å²) in [5.41, 5.74) is 5.79. The molecule has 5 nitrogen and oxygen atoms in total. The van der Waals surface area contributed by atoms with Crippen LogP contribution in [0.2, 0.25) is 0 Å². The van der Waals surface area contributed by atoms with Gasteiger partial charge in [0, 0.05) is 12.5 Å². The van der Waals surface area contributed by atoms with Crippen molar-refractivity contribution in [3.05, 3.63) is 11.7 Å². The lowest BCUT2D eigenvalue weighted by Crippen LogP contribution is -2.17. The number of nitrogens with two attached hydrogens (primary N) is 1. The first-order valence-corrected chi connectivity index (χ1v) is 6.95. The maximum absolute atomic E-state index is 5.79. The summed E-state index contributed by atoms with van der Waals surface area (Å²) in [6.07, 6.45) is 4.28. The quantitative estimate of drug-likeness (QED) is 0.842. The fraction of sp³-hybridized carbons (Fsp3) is 0.846. The molecule has 1 saturated carbocycles. The summed E-state index contributed by atoms with van der Waals surface area (Å²) in [4.78, 5) is 4.52. The maximum Gasteiger partial charge on any atom is 0.230 e. The van der Waals surface area contributed by atoms with E-state index in [1.807, 2.05) is 6.92 Å². The molecule has 1 heterocycles. The topological polar surface area (TPSA) is 74.2 Å². The van der Waals surface area contributed by atoms with Gasteiger partial charge in [0.05, 0.1) is 0 Å². The number of hydrogen-bond donors (Lipinski definition) is 1. The van der Waals surface area contributed by atoms with E-state index in [9.17, 15) is 0 Å². The molecule has 0 aromatic carbocycles. The van der Waals surface area contributed by atoms with Gasteiger partial charge in [-0.05, 0) is 38.6 Å². The molecular formula is C13H23N3O2. The molecule has 0 spiro atoms. The number of nitrogens with zero attached hydrogens (tertiary/aromatic N) is 2. The van der Waals surface area contributed by atoms with Crippen molar-refractivity contribution in [3.63, 3.8) is 0 Å². The Morgan fingerprint density at radius 3 is 2.94 bits per heavy atom. The van der Waals surface area contributed by atoms with Crippen LogP contribution in [-0.4, -0.2) is 23.3 Å². The van der Waals surface area contributed by atoms with Crippen molar-refractivity contribution in [2.24, 2.45) is 11.7 Å². The molecule has 0 radical (unpaired) electrons. The van der Waals surface area contributed by atoms with Gasteiger partial charge in [-0.3, -0.25) is 0 Å². The number of rotatable bonds is 6. The van der Waals surface area contributed by atoms with Gasteiger partial charge in [-0.2, -0.15) is 4.98 Å². The van der Waals surface area contributed by atoms with Crippen LogP contribution < -0.4 is 5.73 Å². The SMILES string of the molecule is CCOC(CC)c1noc(C2CCCC2CN)n1. The van der Waals surface area contributed by atoms with E-state index in [-0.39, 0.29) is 6.10 Å². The summed E-state index contributed by atoms with van der Waals surface area (Å²) in [6, 6.07) is 0. The summed E-state index contributed by atoms with van der Waals surface area (Å²) in [7, 11) is 0. The van der Waals surface area contributed by atoms with Crippen LogP contribution in [0.3, 0.4) is 0 Å². The highest BCUT2D eigenvalue weighted by atomic mass is 16.5. The molecule has 1 aliphatic rings. The number of hydrogen-bond acceptors (Lipinski definition) is 5. The van der Waals surface area contributed by atoms with E-state index < -0.39 is 0 Å². The Balaban J connectivity index is 2.09. The molecule has 2 rings (SSSR count). The van der Waals surface area contributed by atoms with Crippen LogP contribution in [0.1, 0.15) is 63.3 Å². The van der Waals surface area contributed by atoms with Gasteiger partial charge in [0.15, 0.2) is 0 Å². The van der Waals surface area contributed by atoms with Gasteiger partial charge >= 0.3 is 0 Å². The van der Waals surface area contributed by atoms with Crippen LogP contribution in [0.15, 0.2) is 4.52 Å². The second kappa shape index (κ2) is 6.29. The van der Waals surface area contributed by atoms with Gasteiger partial charge in [-0.15, -0.1) is 0 Å². The molecular weight excluding hydrogens is 230 g/mol. The smallest absolute Gasteiger partial charge is 0.230 e. The number of ether oxygens (including phenoxy) is 1. The van der Waals surface area contributed by atoms with Crippen molar-refractivity contribution in [1.29, 1.82) is 0 Å². The van der Waals surface area contributed by atoms with E-state index >= 15 is 0 Å². The summed E-state index contributed by atoms with van der Waals surface area (Å²) in [5.74, 6) is 2.26. The molecule has 3 unspecified atom stereocenters. The summed E-state index contributed by atoms with van der Waals surface area (Å²) in [5, 5.41) is 4.07. The fourth-order valence-electron chi connectivity index (χ4n) is 2.75. The minimum Gasteiger partial charge on any atom is -0.370 e. The second-order valence-electron chi connectivity index (χ2n) is 4.88. The number of aromatic nitrogens is 2. The van der Waals surface area contributed by atoms with Crippen LogP contribution in [0.4, 0.5) is 0 Å². The molecule has 0 aliphatic heterocycles. The van der Waals surface area contributed by atoms with Crippen LogP contribution in [0.5, 0.6) is 0 Å². The average Bonchev–Trinajstić information content (AvgIpc) is 3.03. The monoisotopic (exact) mass is 253 g/mol. The largest absolute Gasteiger partial charge is 0.370 e. The molecule has 1 aromatic heterocycles. The predicted octanol–water partition coefficient (Wildman–Crippen LogP) is 2.40. The van der Waals surface area contributed by atoms with E-state index in [1.54, 1.807) is 0 Å². The highest BCUT2D eigenvalue weighted by Crippen LogP contribution is 2.38. The lowest BCUT2D eigenvalue weighted by molar-refractivity contribution is 0.0518. The van der Waals surface area contributed by atoms with Crippen molar-refractivity contribution < 1.29 is 9.26 Å². The van der Waals surface area contributed by atoms with Gasteiger partial charge in [0.1, 0.15) is 6.10 Å². The van der Waals surface area contributed by atoms with E-state index in [0.717, 1.165) is 18.7 Å².